The molecule has 0 saturated carbocycles. The minimum absolute atomic E-state index is 0.258. The zero-order chi connectivity index (χ0) is 22.6. The topological polar surface area (TPSA) is 85.0 Å². The third-order valence-electron chi connectivity index (χ3n) is 5.62. The molecule has 0 saturated heterocycles. The first-order chi connectivity index (χ1) is 14.6. The summed E-state index contributed by atoms with van der Waals surface area (Å²) in [5.41, 5.74) is 3.98. The summed E-state index contributed by atoms with van der Waals surface area (Å²) in [4.78, 5) is 0. The van der Waals surface area contributed by atoms with Gasteiger partial charge in [0.15, 0.2) is 0 Å². The second-order valence-corrected chi connectivity index (χ2v) is 9.64. The van der Waals surface area contributed by atoms with Gasteiger partial charge in [-0.15, -0.1) is 0 Å². The lowest BCUT2D eigenvalue weighted by Gasteiger charge is -2.17. The molecule has 0 fully saturated rings. The number of ether oxygens (including phenoxy) is 1. The Hall–Kier alpha value is -2.71. The van der Waals surface area contributed by atoms with Crippen molar-refractivity contribution in [1.82, 2.24) is 0 Å². The monoisotopic (exact) mass is 443 g/mol. The van der Waals surface area contributed by atoms with Crippen LogP contribution in [0.1, 0.15) is 32.3 Å². The molecule has 8 heteroatoms. The van der Waals surface area contributed by atoms with Crippen LogP contribution in [0.3, 0.4) is 0 Å². The molecule has 31 heavy (non-hydrogen) atoms. The van der Waals surface area contributed by atoms with Crippen molar-refractivity contribution in [1.29, 1.82) is 0 Å². The normalized spacial score (nSPS) is 15.4. The molecule has 0 atom stereocenters. The second-order valence-electron chi connectivity index (χ2n) is 8.11. The van der Waals surface area contributed by atoms with Crippen molar-refractivity contribution in [3.63, 3.8) is 0 Å². The van der Waals surface area contributed by atoms with Crippen LogP contribution in [-0.4, -0.2) is 55.9 Å². The van der Waals surface area contributed by atoms with Crippen molar-refractivity contribution in [3.05, 3.63) is 54.1 Å². The molecule has 0 aliphatic carbocycles. The third kappa shape index (κ3) is 5.32. The molecule has 1 aliphatic heterocycles. The van der Waals surface area contributed by atoms with Crippen molar-refractivity contribution < 1.29 is 22.3 Å². The molecule has 3 rings (SSSR count). The summed E-state index contributed by atoms with van der Waals surface area (Å²) >= 11 is 0. The van der Waals surface area contributed by atoms with Gasteiger partial charge in [0.25, 0.3) is 0 Å². The Morgan fingerprint density at radius 1 is 1.13 bits per heavy atom. The number of rotatable bonds is 9. The fourth-order valence-electron chi connectivity index (χ4n) is 3.87. The number of fused-ring (bicyclic) bond motifs is 1. The first-order valence-corrected chi connectivity index (χ1v) is 11.8. The molecule has 7 nitrogen and oxygen atoms in total. The first kappa shape index (κ1) is 23.0. The quantitative estimate of drug-likeness (QED) is 0.195. The molecular formula is C23H29N3O4S. The molecular weight excluding hydrogens is 414 g/mol. The minimum Gasteiger partial charge on any atom is -0.748 e. The van der Waals surface area contributed by atoms with Crippen LogP contribution in [0.5, 0.6) is 5.75 Å². The number of hydrogen-bond donors (Lipinski definition) is 0. The number of methoxy groups -OCH3 is 1. The Kier molecular flexibility index (Phi) is 6.81. The molecule has 0 radical (unpaired) electrons. The van der Waals surface area contributed by atoms with Gasteiger partial charge in [-0.3, -0.25) is 5.01 Å². The molecule has 1 aliphatic rings. The summed E-state index contributed by atoms with van der Waals surface area (Å²) in [5.74, 6) is 0.448. The van der Waals surface area contributed by atoms with Crippen LogP contribution in [0.2, 0.25) is 0 Å². The van der Waals surface area contributed by atoms with E-state index in [4.69, 9.17) is 4.74 Å². The number of hydrazone groups is 1. The van der Waals surface area contributed by atoms with Gasteiger partial charge >= 0.3 is 0 Å². The van der Waals surface area contributed by atoms with Crippen LogP contribution in [0.15, 0.2) is 53.6 Å². The number of para-hydroxylation sites is 1. The van der Waals surface area contributed by atoms with Crippen LogP contribution >= 0.6 is 0 Å². The van der Waals surface area contributed by atoms with Crippen molar-refractivity contribution in [2.45, 2.75) is 32.1 Å². The van der Waals surface area contributed by atoms with E-state index in [1.54, 1.807) is 12.1 Å². The molecule has 0 spiro atoms. The Labute approximate surface area is 184 Å². The highest BCUT2D eigenvalue weighted by atomic mass is 32.2. The zero-order valence-electron chi connectivity index (χ0n) is 18.4. The molecule has 166 valence electrons. The van der Waals surface area contributed by atoms with Crippen molar-refractivity contribution in [2.24, 2.45) is 5.10 Å². The van der Waals surface area contributed by atoms with E-state index >= 15 is 0 Å². The highest BCUT2D eigenvalue weighted by Crippen LogP contribution is 2.39. The maximum absolute atomic E-state index is 10.9. The smallest absolute Gasteiger partial charge is 0.212 e. The third-order valence-corrected chi connectivity index (χ3v) is 6.41. The standard InChI is InChI=1S/C23H29N3O4S/c1-23(2)20-9-5-6-10-21(20)26(15-7-8-16-31(27,28)29)22(23)17-24-25(3)18-11-13-19(30-4)14-12-18/h5-6,9-14,17H,7-8,15-16H2,1-4H3. The number of anilines is 1. The fraction of sp³-hybridized carbons (Fsp3) is 0.391. The van der Waals surface area contributed by atoms with Crippen LogP contribution in [0.25, 0.3) is 0 Å². The molecule has 0 bridgehead atoms. The Morgan fingerprint density at radius 2 is 1.81 bits per heavy atom. The summed E-state index contributed by atoms with van der Waals surface area (Å²) in [6, 6.07) is 15.8. The highest BCUT2D eigenvalue weighted by molar-refractivity contribution is 7.85. The number of unbranched alkanes of at least 4 members (excludes halogenated alkanes) is 1. The highest BCUT2D eigenvalue weighted by Gasteiger charge is 2.44. The number of nitrogens with zero attached hydrogens (tertiary/aromatic N) is 3. The predicted octanol–water partition coefficient (Wildman–Crippen LogP) is 3.52. The lowest BCUT2D eigenvalue weighted by atomic mass is 9.82. The van der Waals surface area contributed by atoms with Crippen LogP contribution in [0, 0.1) is 0 Å². The second kappa shape index (κ2) is 9.20. The maximum Gasteiger partial charge on any atom is 0.212 e. The van der Waals surface area contributed by atoms with E-state index in [0.29, 0.717) is 19.4 Å². The van der Waals surface area contributed by atoms with Crippen molar-refractivity contribution in [2.75, 3.05) is 31.5 Å². The lowest BCUT2D eigenvalue weighted by molar-refractivity contribution is -0.437. The van der Waals surface area contributed by atoms with E-state index in [0.717, 1.165) is 22.8 Å². The van der Waals surface area contributed by atoms with Crippen LogP contribution < -0.4 is 9.75 Å². The minimum atomic E-state index is -4.19. The maximum atomic E-state index is 10.9. The SMILES string of the molecule is COc1ccc(N(C)/N=C/C2=[N+](CCCCS(=O)(=O)[O-])c3ccccc3C2(C)C)cc1. The van der Waals surface area contributed by atoms with Crippen molar-refractivity contribution in [3.8, 4) is 5.75 Å². The number of hydrogen-bond acceptors (Lipinski definition) is 6. The van der Waals surface area contributed by atoms with Crippen LogP contribution in [-0.2, 0) is 15.5 Å². The summed E-state index contributed by atoms with van der Waals surface area (Å²) in [6.07, 6.45) is 2.80. The molecule has 0 N–H and O–H groups in total. The summed E-state index contributed by atoms with van der Waals surface area (Å²) in [7, 11) is -0.672. The summed E-state index contributed by atoms with van der Waals surface area (Å²) < 4.78 is 40.2. The van der Waals surface area contributed by atoms with Gasteiger partial charge in [0.1, 0.15) is 18.5 Å². The van der Waals surface area contributed by atoms with Gasteiger partial charge in [-0.05, 0) is 44.5 Å². The van der Waals surface area contributed by atoms with E-state index in [1.807, 2.05) is 49.7 Å². The molecule has 0 unspecified atom stereocenters. The van der Waals surface area contributed by atoms with Gasteiger partial charge in [0.05, 0.1) is 28.3 Å². The summed E-state index contributed by atoms with van der Waals surface area (Å²) in [6.45, 7) is 4.93. The average Bonchev–Trinajstić information content (AvgIpc) is 2.95. The van der Waals surface area contributed by atoms with E-state index in [-0.39, 0.29) is 11.2 Å². The first-order valence-electron chi connectivity index (χ1n) is 10.2. The van der Waals surface area contributed by atoms with E-state index in [2.05, 4.69) is 35.7 Å². The molecule has 0 aromatic heterocycles. The Bertz CT molecular complexity index is 1090. The predicted molar refractivity (Wildman–Crippen MR) is 123 cm³/mol. The molecule has 0 amide bonds. The summed E-state index contributed by atoms with van der Waals surface area (Å²) in [5, 5.41) is 6.47. The average molecular weight is 444 g/mol. The van der Waals surface area contributed by atoms with Gasteiger partial charge in [0, 0.05) is 30.9 Å². The van der Waals surface area contributed by atoms with Gasteiger partial charge in [0.2, 0.25) is 11.4 Å². The lowest BCUT2D eigenvalue weighted by Crippen LogP contribution is -2.32. The Morgan fingerprint density at radius 3 is 2.45 bits per heavy atom. The van der Waals surface area contributed by atoms with Gasteiger partial charge < -0.3 is 9.29 Å². The van der Waals surface area contributed by atoms with Gasteiger partial charge in [-0.25, -0.2) is 8.42 Å². The molecule has 1 heterocycles. The van der Waals surface area contributed by atoms with Gasteiger partial charge in [-0.2, -0.15) is 9.68 Å². The largest absolute Gasteiger partial charge is 0.748 e. The van der Waals surface area contributed by atoms with Crippen molar-refractivity contribution >= 4 is 33.4 Å². The Balaban J connectivity index is 1.87. The van der Waals surface area contributed by atoms with E-state index in [9.17, 15) is 13.0 Å². The number of benzene rings is 2. The van der Waals surface area contributed by atoms with Gasteiger partial charge in [-0.1, -0.05) is 18.2 Å². The van der Waals surface area contributed by atoms with Crippen LogP contribution in [0.4, 0.5) is 11.4 Å². The molecule has 2 aromatic carbocycles. The van der Waals surface area contributed by atoms with E-state index < -0.39 is 10.1 Å². The fourth-order valence-corrected chi connectivity index (χ4v) is 4.43. The molecule has 2 aromatic rings. The van der Waals surface area contributed by atoms with E-state index in [1.165, 1.54) is 5.56 Å². The zero-order valence-corrected chi connectivity index (χ0v) is 19.2.